The van der Waals surface area contributed by atoms with E-state index in [4.69, 9.17) is 52.1 Å². The molecule has 1 radical (unpaired) electrons. The van der Waals surface area contributed by atoms with E-state index in [9.17, 15) is 0 Å². The maximum Gasteiger partial charge on any atom is 0.0766 e. The molecule has 0 aromatic rings. The third-order valence-corrected chi connectivity index (χ3v) is 2.88. The molecule has 1 aliphatic rings. The van der Waals surface area contributed by atoms with Crippen LogP contribution in [-0.2, 0) is 18.6 Å². The van der Waals surface area contributed by atoms with Gasteiger partial charge in [-0.3, -0.25) is 0 Å². The summed E-state index contributed by atoms with van der Waals surface area (Å²) in [6.07, 6.45) is 0. The summed E-state index contributed by atoms with van der Waals surface area (Å²) in [5.74, 6) is 0.112. The van der Waals surface area contributed by atoms with E-state index in [2.05, 4.69) is 5.32 Å². The van der Waals surface area contributed by atoms with Crippen LogP contribution in [0.3, 0.4) is 0 Å². The van der Waals surface area contributed by atoms with E-state index in [1.807, 2.05) is 0 Å². The van der Waals surface area contributed by atoms with E-state index in [1.54, 1.807) is 0 Å². The molecule has 2 nitrogen and oxygen atoms in total. The molecule has 67 valence electrons. The second-order valence-corrected chi connectivity index (χ2v) is 3.40. The molecule has 7 heteroatoms. The third kappa shape index (κ3) is 2.41. The van der Waals surface area contributed by atoms with Gasteiger partial charge in [-0.15, -0.1) is 11.6 Å². The molecule has 1 rings (SSSR count). The van der Waals surface area contributed by atoms with Gasteiger partial charge in [0.2, 0.25) is 0 Å². The number of rotatable bonds is 0. The van der Waals surface area contributed by atoms with Gasteiger partial charge in [-0.2, -0.15) is 0 Å². The van der Waals surface area contributed by atoms with Gasteiger partial charge in [0.1, 0.15) is 0 Å². The van der Waals surface area contributed by atoms with Crippen molar-refractivity contribution in [3.63, 3.8) is 0 Å². The number of nitrogens with zero attached hydrogens (tertiary/aromatic N) is 1. The van der Waals surface area contributed by atoms with Crippen molar-refractivity contribution in [1.82, 2.24) is 0 Å². The van der Waals surface area contributed by atoms with Crippen molar-refractivity contribution in [2.75, 3.05) is 0 Å². The number of hydrogen-bond donors (Lipinski definition) is 1. The molecule has 2 N–H and O–H groups in total. The second-order valence-electron chi connectivity index (χ2n) is 1.83. The summed E-state index contributed by atoms with van der Waals surface area (Å²) >= 11 is 22.5. The summed E-state index contributed by atoms with van der Waals surface area (Å²) in [7, 11) is 0. The van der Waals surface area contributed by atoms with Crippen LogP contribution in [0.4, 0.5) is 0 Å². The number of allylic oxidation sites excluding steroid dienone is 2. The van der Waals surface area contributed by atoms with E-state index in [0.29, 0.717) is 0 Å². The van der Waals surface area contributed by atoms with Gasteiger partial charge in [-0.05, 0) is 5.82 Å². The molecule has 0 bridgehead atoms. The molecule has 1 unspecified atom stereocenters. The average molecular weight is 284 g/mol. The maximum atomic E-state index is 5.64. The Balaban J connectivity index is 0.00000121. The normalized spacial score (nSPS) is 23.5. The monoisotopic (exact) mass is 282 g/mol. The standard InChI is InChI=1S/C5H3Cl4N2.V/c6-1-2(7)4(9)11-5(10)3(1)8;/h4H,10H2;/q-1;. The Morgan fingerprint density at radius 1 is 1.17 bits per heavy atom. The van der Waals surface area contributed by atoms with Gasteiger partial charge < -0.3 is 11.1 Å². The zero-order chi connectivity index (χ0) is 8.59. The van der Waals surface area contributed by atoms with E-state index >= 15 is 0 Å². The Kier molecular flexibility index (Phi) is 5.23. The van der Waals surface area contributed by atoms with Crippen molar-refractivity contribution < 1.29 is 18.6 Å². The number of nitrogens with two attached hydrogens (primary N) is 1. The molecule has 1 atom stereocenters. The van der Waals surface area contributed by atoms with Crippen LogP contribution in [0.15, 0.2) is 20.9 Å². The molecule has 0 amide bonds. The van der Waals surface area contributed by atoms with Gasteiger partial charge in [-0.1, -0.05) is 34.8 Å². The Bertz CT molecular complexity index is 250. The Labute approximate surface area is 102 Å². The zero-order valence-electron chi connectivity index (χ0n) is 5.56. The molecular formula is C5H3Cl4N2V-. The molecule has 0 fully saturated rings. The minimum atomic E-state index is -0.716. The SMILES string of the molecule is NC1=C(Cl)C(Cl)=C(Cl)C(Cl)[N-]1.[V]. The molecule has 12 heavy (non-hydrogen) atoms. The van der Waals surface area contributed by atoms with Crippen molar-refractivity contribution in [3.05, 3.63) is 26.2 Å². The van der Waals surface area contributed by atoms with Crippen LogP contribution in [0, 0.1) is 0 Å². The van der Waals surface area contributed by atoms with Crippen LogP contribution in [0.2, 0.25) is 0 Å². The summed E-state index contributed by atoms with van der Waals surface area (Å²) in [6.45, 7) is 0. The van der Waals surface area contributed by atoms with Crippen molar-refractivity contribution >= 4 is 46.4 Å². The fourth-order valence-corrected chi connectivity index (χ4v) is 1.37. The fourth-order valence-electron chi connectivity index (χ4n) is 0.557. The summed E-state index contributed by atoms with van der Waals surface area (Å²) in [4.78, 5) is 0. The molecule has 0 saturated carbocycles. The molecule has 1 heterocycles. The van der Waals surface area contributed by atoms with Crippen LogP contribution < -0.4 is 5.73 Å². The molecule has 1 aliphatic heterocycles. The van der Waals surface area contributed by atoms with Crippen LogP contribution in [0.25, 0.3) is 5.32 Å². The van der Waals surface area contributed by atoms with Crippen molar-refractivity contribution in [2.24, 2.45) is 5.73 Å². The first kappa shape index (κ1) is 12.8. The van der Waals surface area contributed by atoms with Crippen molar-refractivity contribution in [3.8, 4) is 0 Å². The number of hydrogen-bond acceptors (Lipinski definition) is 1. The fraction of sp³-hybridized carbons (Fsp3) is 0.200. The first-order valence-electron chi connectivity index (χ1n) is 2.59. The maximum absolute atomic E-state index is 5.64. The predicted octanol–water partition coefficient (Wildman–Crippen LogP) is 2.99. The minimum Gasteiger partial charge on any atom is -0.494 e. The molecule has 0 saturated heterocycles. The summed E-state index contributed by atoms with van der Waals surface area (Å²) < 4.78 is 0. The average Bonchev–Trinajstić information content (AvgIpc) is 1.97. The van der Waals surface area contributed by atoms with Gasteiger partial charge in [0.05, 0.1) is 20.6 Å². The zero-order valence-corrected chi connectivity index (χ0v) is 9.98. The van der Waals surface area contributed by atoms with E-state index in [-0.39, 0.29) is 39.5 Å². The number of alkyl halides is 1. The second kappa shape index (κ2) is 4.89. The van der Waals surface area contributed by atoms with Gasteiger partial charge in [-0.25, -0.2) is 0 Å². The predicted molar refractivity (Wildman–Crippen MR) is 48.8 cm³/mol. The number of halogens is 4. The van der Waals surface area contributed by atoms with Crippen LogP contribution in [-0.4, -0.2) is 5.50 Å². The first-order valence-corrected chi connectivity index (χ1v) is 4.16. The van der Waals surface area contributed by atoms with E-state index in [1.165, 1.54) is 0 Å². The molecule has 0 spiro atoms. The van der Waals surface area contributed by atoms with Crippen LogP contribution >= 0.6 is 46.4 Å². The Hall–Kier alpha value is 0.824. The minimum absolute atomic E-state index is 0. The summed E-state index contributed by atoms with van der Waals surface area (Å²) in [6, 6.07) is 0. The van der Waals surface area contributed by atoms with Gasteiger partial charge in [0.25, 0.3) is 0 Å². The van der Waals surface area contributed by atoms with Crippen molar-refractivity contribution in [2.45, 2.75) is 5.50 Å². The Morgan fingerprint density at radius 3 is 2.17 bits per heavy atom. The van der Waals surface area contributed by atoms with Crippen LogP contribution in [0.5, 0.6) is 0 Å². The van der Waals surface area contributed by atoms with Gasteiger partial charge in [0, 0.05) is 18.6 Å². The van der Waals surface area contributed by atoms with Gasteiger partial charge >= 0.3 is 0 Å². The quantitative estimate of drug-likeness (QED) is 0.539. The third-order valence-electron chi connectivity index (χ3n) is 1.09. The first-order chi connectivity index (χ1) is 5.04. The summed E-state index contributed by atoms with van der Waals surface area (Å²) in [5.41, 5.74) is 4.62. The van der Waals surface area contributed by atoms with Crippen LogP contribution in [0.1, 0.15) is 0 Å². The molecule has 0 aromatic carbocycles. The van der Waals surface area contributed by atoms with Gasteiger partial charge in [0.15, 0.2) is 0 Å². The van der Waals surface area contributed by atoms with E-state index in [0.717, 1.165) is 0 Å². The Morgan fingerprint density at radius 2 is 1.67 bits per heavy atom. The smallest absolute Gasteiger partial charge is 0.0766 e. The summed E-state index contributed by atoms with van der Waals surface area (Å²) in [5, 5.41) is 4.23. The van der Waals surface area contributed by atoms with Crippen molar-refractivity contribution in [1.29, 1.82) is 0 Å². The topological polar surface area (TPSA) is 40.1 Å². The molecule has 0 aliphatic carbocycles. The molecule has 0 aromatic heterocycles. The van der Waals surface area contributed by atoms with E-state index < -0.39 is 5.50 Å². The largest absolute Gasteiger partial charge is 0.494 e. The molecular weight excluding hydrogens is 281 g/mol.